The van der Waals surface area contributed by atoms with Gasteiger partial charge in [-0.25, -0.2) is 4.39 Å². The predicted octanol–water partition coefficient (Wildman–Crippen LogP) is 3.24. The molecule has 4 rings (SSSR count). The van der Waals surface area contributed by atoms with Gasteiger partial charge in [0.1, 0.15) is 19.0 Å². The van der Waals surface area contributed by atoms with Gasteiger partial charge in [0.05, 0.1) is 11.6 Å². The fourth-order valence-corrected chi connectivity index (χ4v) is 3.32. The number of halogens is 2. The third kappa shape index (κ3) is 3.55. The van der Waals surface area contributed by atoms with Crippen LogP contribution in [0.2, 0.25) is 5.02 Å². The molecular formula is C19H16ClFN2O4. The first-order valence-electron chi connectivity index (χ1n) is 8.47. The number of benzene rings is 2. The van der Waals surface area contributed by atoms with E-state index in [-0.39, 0.29) is 29.6 Å². The molecule has 6 nitrogen and oxygen atoms in total. The van der Waals surface area contributed by atoms with E-state index in [1.807, 2.05) is 0 Å². The van der Waals surface area contributed by atoms with Crippen LogP contribution in [0.4, 0.5) is 15.8 Å². The monoisotopic (exact) mass is 390 g/mol. The number of rotatable bonds is 3. The summed E-state index contributed by atoms with van der Waals surface area (Å²) in [7, 11) is 0. The Balaban J connectivity index is 1.48. The molecule has 2 heterocycles. The van der Waals surface area contributed by atoms with E-state index in [0.29, 0.717) is 30.4 Å². The van der Waals surface area contributed by atoms with Crippen molar-refractivity contribution in [2.75, 3.05) is 30.0 Å². The average molecular weight is 391 g/mol. The maximum atomic E-state index is 13.9. The first-order valence-corrected chi connectivity index (χ1v) is 8.85. The minimum absolute atomic E-state index is 0.0367. The van der Waals surface area contributed by atoms with E-state index < -0.39 is 17.6 Å². The first-order chi connectivity index (χ1) is 13.0. The molecule has 1 unspecified atom stereocenters. The van der Waals surface area contributed by atoms with Crippen molar-refractivity contribution < 1.29 is 23.5 Å². The second-order valence-electron chi connectivity index (χ2n) is 6.35. The summed E-state index contributed by atoms with van der Waals surface area (Å²) < 4.78 is 24.9. The molecule has 1 N–H and O–H groups in total. The standard InChI is InChI=1S/C19H16ClFN2O4/c20-12-1-3-15(14(21)8-12)22-19(25)11-7-18(24)23(10-11)13-2-4-16-17(9-13)27-6-5-26-16/h1-4,8-9,11H,5-7,10H2,(H,22,25). The lowest BCUT2D eigenvalue weighted by Gasteiger charge is -2.22. The SMILES string of the molecule is O=C(Nc1ccc(Cl)cc1F)C1CC(=O)N(c2ccc3c(c2)OCCO3)C1. The number of hydrogen-bond donors (Lipinski definition) is 1. The van der Waals surface area contributed by atoms with Crippen molar-refractivity contribution in [2.24, 2.45) is 5.92 Å². The van der Waals surface area contributed by atoms with Crippen LogP contribution < -0.4 is 19.7 Å². The Labute approximate surface area is 159 Å². The molecule has 8 heteroatoms. The molecule has 1 saturated heterocycles. The number of hydrogen-bond acceptors (Lipinski definition) is 4. The number of nitrogens with zero attached hydrogens (tertiary/aromatic N) is 1. The average Bonchev–Trinajstić information content (AvgIpc) is 3.05. The van der Waals surface area contributed by atoms with E-state index in [9.17, 15) is 14.0 Å². The second kappa shape index (κ2) is 7.08. The van der Waals surface area contributed by atoms with Crippen molar-refractivity contribution in [3.8, 4) is 11.5 Å². The third-order valence-corrected chi connectivity index (χ3v) is 4.76. The lowest BCUT2D eigenvalue weighted by atomic mass is 10.1. The van der Waals surface area contributed by atoms with Gasteiger partial charge < -0.3 is 19.7 Å². The smallest absolute Gasteiger partial charge is 0.229 e. The van der Waals surface area contributed by atoms with Gasteiger partial charge in [-0.1, -0.05) is 11.6 Å². The molecule has 2 aliphatic heterocycles. The van der Waals surface area contributed by atoms with E-state index in [1.165, 1.54) is 17.0 Å². The van der Waals surface area contributed by atoms with Crippen LogP contribution in [0, 0.1) is 11.7 Å². The van der Waals surface area contributed by atoms with Crippen LogP contribution in [0.25, 0.3) is 0 Å². The highest BCUT2D eigenvalue weighted by Gasteiger charge is 2.35. The summed E-state index contributed by atoms with van der Waals surface area (Å²) in [5.41, 5.74) is 0.673. The molecule has 1 atom stereocenters. The normalized spacial score (nSPS) is 18.5. The molecule has 0 saturated carbocycles. The van der Waals surface area contributed by atoms with Gasteiger partial charge in [-0.3, -0.25) is 9.59 Å². The first kappa shape index (κ1) is 17.6. The number of ether oxygens (including phenoxy) is 2. The maximum Gasteiger partial charge on any atom is 0.229 e. The Hall–Kier alpha value is -2.80. The van der Waals surface area contributed by atoms with Crippen molar-refractivity contribution in [3.05, 3.63) is 47.2 Å². The molecule has 0 spiro atoms. The minimum atomic E-state index is -0.621. The highest BCUT2D eigenvalue weighted by Crippen LogP contribution is 2.36. The molecule has 0 aromatic heterocycles. The lowest BCUT2D eigenvalue weighted by molar-refractivity contribution is -0.122. The number of anilines is 2. The number of carbonyl (C=O) groups is 2. The Morgan fingerprint density at radius 1 is 1.15 bits per heavy atom. The summed E-state index contributed by atoms with van der Waals surface area (Å²) in [4.78, 5) is 26.4. The second-order valence-corrected chi connectivity index (χ2v) is 6.78. The van der Waals surface area contributed by atoms with Gasteiger partial charge in [0.2, 0.25) is 11.8 Å². The van der Waals surface area contributed by atoms with Gasteiger partial charge in [0.15, 0.2) is 11.5 Å². The van der Waals surface area contributed by atoms with Gasteiger partial charge >= 0.3 is 0 Å². The van der Waals surface area contributed by atoms with E-state index in [4.69, 9.17) is 21.1 Å². The Morgan fingerprint density at radius 2 is 1.93 bits per heavy atom. The predicted molar refractivity (Wildman–Crippen MR) is 97.9 cm³/mol. The molecule has 2 aromatic carbocycles. The van der Waals surface area contributed by atoms with E-state index >= 15 is 0 Å². The summed E-state index contributed by atoms with van der Waals surface area (Å²) in [6.07, 6.45) is 0.0511. The fourth-order valence-electron chi connectivity index (χ4n) is 3.16. The van der Waals surface area contributed by atoms with Crippen LogP contribution in [0.5, 0.6) is 11.5 Å². The molecule has 2 amide bonds. The van der Waals surface area contributed by atoms with Crippen LogP contribution in [-0.4, -0.2) is 31.6 Å². The fraction of sp³-hybridized carbons (Fsp3) is 0.263. The van der Waals surface area contributed by atoms with Gasteiger partial charge in [0.25, 0.3) is 0 Å². The van der Waals surface area contributed by atoms with Crippen molar-refractivity contribution in [1.29, 1.82) is 0 Å². The van der Waals surface area contributed by atoms with Crippen LogP contribution in [0.3, 0.4) is 0 Å². The zero-order chi connectivity index (χ0) is 19.0. The maximum absolute atomic E-state index is 13.9. The van der Waals surface area contributed by atoms with Gasteiger partial charge in [0, 0.05) is 29.7 Å². The third-order valence-electron chi connectivity index (χ3n) is 4.52. The number of nitrogens with one attached hydrogen (secondary N) is 1. The number of amides is 2. The van der Waals surface area contributed by atoms with Crippen LogP contribution in [0.1, 0.15) is 6.42 Å². The van der Waals surface area contributed by atoms with E-state index in [0.717, 1.165) is 6.07 Å². The van der Waals surface area contributed by atoms with Crippen molar-refractivity contribution in [3.63, 3.8) is 0 Å². The summed E-state index contributed by atoms with van der Waals surface area (Å²) in [6, 6.07) is 9.23. The van der Waals surface area contributed by atoms with Crippen molar-refractivity contribution in [1.82, 2.24) is 0 Å². The molecular weight excluding hydrogens is 375 g/mol. The largest absolute Gasteiger partial charge is 0.486 e. The summed E-state index contributed by atoms with van der Waals surface area (Å²) in [5.74, 6) is -0.593. The molecule has 0 radical (unpaired) electrons. The highest BCUT2D eigenvalue weighted by atomic mass is 35.5. The van der Waals surface area contributed by atoms with E-state index in [2.05, 4.69) is 5.32 Å². The van der Waals surface area contributed by atoms with Gasteiger partial charge in [-0.15, -0.1) is 0 Å². The molecule has 2 aromatic rings. The zero-order valence-electron chi connectivity index (χ0n) is 14.2. The number of fused-ring (bicyclic) bond motifs is 1. The molecule has 0 aliphatic carbocycles. The van der Waals surface area contributed by atoms with Crippen molar-refractivity contribution in [2.45, 2.75) is 6.42 Å². The molecule has 27 heavy (non-hydrogen) atoms. The summed E-state index contributed by atoms with van der Waals surface area (Å²) in [5, 5.41) is 2.77. The minimum Gasteiger partial charge on any atom is -0.486 e. The van der Waals surface area contributed by atoms with Gasteiger partial charge in [-0.05, 0) is 30.3 Å². The molecule has 2 aliphatic rings. The van der Waals surface area contributed by atoms with Crippen molar-refractivity contribution >= 4 is 34.8 Å². The molecule has 1 fully saturated rings. The quantitative estimate of drug-likeness (QED) is 0.873. The number of carbonyl (C=O) groups excluding carboxylic acids is 2. The van der Waals surface area contributed by atoms with Crippen LogP contribution in [0.15, 0.2) is 36.4 Å². The Kier molecular flexibility index (Phi) is 4.61. The topological polar surface area (TPSA) is 67.9 Å². The summed E-state index contributed by atoms with van der Waals surface area (Å²) >= 11 is 5.71. The Morgan fingerprint density at radius 3 is 2.70 bits per heavy atom. The summed E-state index contributed by atoms with van der Waals surface area (Å²) in [6.45, 7) is 1.14. The lowest BCUT2D eigenvalue weighted by Crippen LogP contribution is -2.28. The molecule has 0 bridgehead atoms. The van der Waals surface area contributed by atoms with E-state index in [1.54, 1.807) is 18.2 Å². The van der Waals surface area contributed by atoms with Crippen LogP contribution in [-0.2, 0) is 9.59 Å². The van der Waals surface area contributed by atoms with Crippen LogP contribution >= 0.6 is 11.6 Å². The van der Waals surface area contributed by atoms with Gasteiger partial charge in [-0.2, -0.15) is 0 Å². The Bertz CT molecular complexity index is 921. The zero-order valence-corrected chi connectivity index (χ0v) is 15.0. The highest BCUT2D eigenvalue weighted by molar-refractivity contribution is 6.30. The molecule has 140 valence electrons.